The standard InChI is InChI=1S/C16H21N5O2/c1-2-6-20-11-12(3-4-15(20)22)16(23)19-9-13-8-18-14-10-17-5-7-21(13)14/h5,7-8,10,12H,2-4,6,9,11H2,1H3,(H,19,23)/t12-/m1/s1. The third-order valence-corrected chi connectivity index (χ3v) is 4.20. The van der Waals surface area contributed by atoms with E-state index >= 15 is 0 Å². The number of imidazole rings is 1. The van der Waals surface area contributed by atoms with Gasteiger partial charge in [-0.05, 0) is 12.8 Å². The highest BCUT2D eigenvalue weighted by Crippen LogP contribution is 2.18. The molecule has 0 unspecified atom stereocenters. The molecule has 122 valence electrons. The maximum atomic E-state index is 12.4. The van der Waals surface area contributed by atoms with Crippen molar-refractivity contribution in [3.63, 3.8) is 0 Å². The van der Waals surface area contributed by atoms with Gasteiger partial charge in [0.2, 0.25) is 11.8 Å². The first kappa shape index (κ1) is 15.5. The fraction of sp³-hybridized carbons (Fsp3) is 0.500. The average Bonchev–Trinajstić information content (AvgIpc) is 2.98. The molecule has 0 bridgehead atoms. The van der Waals surface area contributed by atoms with E-state index in [2.05, 4.69) is 15.3 Å². The molecular weight excluding hydrogens is 294 g/mol. The first-order chi connectivity index (χ1) is 11.2. The predicted octanol–water partition coefficient (Wildman–Crippen LogP) is 0.994. The highest BCUT2D eigenvalue weighted by molar-refractivity contribution is 5.83. The highest BCUT2D eigenvalue weighted by atomic mass is 16.2. The van der Waals surface area contributed by atoms with Gasteiger partial charge in [-0.15, -0.1) is 0 Å². The van der Waals surface area contributed by atoms with Crippen LogP contribution in [0.5, 0.6) is 0 Å². The molecule has 3 heterocycles. The van der Waals surface area contributed by atoms with E-state index in [1.54, 1.807) is 23.5 Å². The molecule has 1 N–H and O–H groups in total. The van der Waals surface area contributed by atoms with Crippen molar-refractivity contribution in [3.8, 4) is 0 Å². The summed E-state index contributed by atoms with van der Waals surface area (Å²) >= 11 is 0. The molecule has 3 rings (SSSR count). The van der Waals surface area contributed by atoms with E-state index in [1.807, 2.05) is 17.5 Å². The van der Waals surface area contributed by atoms with Gasteiger partial charge in [-0.1, -0.05) is 6.92 Å². The lowest BCUT2D eigenvalue weighted by molar-refractivity contribution is -0.138. The van der Waals surface area contributed by atoms with Crippen LogP contribution in [-0.4, -0.2) is 44.2 Å². The van der Waals surface area contributed by atoms with E-state index in [0.717, 1.165) is 24.3 Å². The summed E-state index contributed by atoms with van der Waals surface area (Å²) in [5.41, 5.74) is 1.67. The second-order valence-electron chi connectivity index (χ2n) is 5.85. The molecule has 0 saturated carbocycles. The fourth-order valence-electron chi connectivity index (χ4n) is 2.96. The topological polar surface area (TPSA) is 79.6 Å². The first-order valence-corrected chi connectivity index (χ1v) is 8.00. The summed E-state index contributed by atoms with van der Waals surface area (Å²) in [7, 11) is 0. The zero-order valence-corrected chi connectivity index (χ0v) is 13.2. The van der Waals surface area contributed by atoms with E-state index in [1.165, 1.54) is 0 Å². The maximum Gasteiger partial charge on any atom is 0.225 e. The second kappa shape index (κ2) is 6.76. The fourth-order valence-corrected chi connectivity index (χ4v) is 2.96. The number of nitrogens with zero attached hydrogens (tertiary/aromatic N) is 4. The monoisotopic (exact) mass is 315 g/mol. The Bertz CT molecular complexity index is 711. The smallest absolute Gasteiger partial charge is 0.225 e. The Morgan fingerprint density at radius 1 is 1.43 bits per heavy atom. The van der Waals surface area contributed by atoms with Crippen LogP contribution in [0.3, 0.4) is 0 Å². The van der Waals surface area contributed by atoms with Crippen LogP contribution in [0.15, 0.2) is 24.8 Å². The van der Waals surface area contributed by atoms with Crippen molar-refractivity contribution >= 4 is 17.5 Å². The summed E-state index contributed by atoms with van der Waals surface area (Å²) in [4.78, 5) is 34.3. The molecule has 1 aliphatic rings. The van der Waals surface area contributed by atoms with Gasteiger partial charge in [0.1, 0.15) is 0 Å². The molecule has 2 aromatic rings. The van der Waals surface area contributed by atoms with Crippen molar-refractivity contribution in [2.24, 2.45) is 5.92 Å². The van der Waals surface area contributed by atoms with Gasteiger partial charge < -0.3 is 10.2 Å². The Morgan fingerprint density at radius 2 is 2.30 bits per heavy atom. The lowest BCUT2D eigenvalue weighted by Gasteiger charge is -2.31. The van der Waals surface area contributed by atoms with Gasteiger partial charge in [0.25, 0.3) is 0 Å². The molecule has 1 fully saturated rings. The van der Waals surface area contributed by atoms with Crippen LogP contribution in [0.1, 0.15) is 31.9 Å². The van der Waals surface area contributed by atoms with Crippen molar-refractivity contribution in [3.05, 3.63) is 30.5 Å². The number of fused-ring (bicyclic) bond motifs is 1. The van der Waals surface area contributed by atoms with Gasteiger partial charge in [-0.3, -0.25) is 19.0 Å². The van der Waals surface area contributed by atoms with Crippen molar-refractivity contribution in [2.75, 3.05) is 13.1 Å². The third kappa shape index (κ3) is 3.33. The Hall–Kier alpha value is -2.44. The van der Waals surface area contributed by atoms with E-state index in [0.29, 0.717) is 25.9 Å². The van der Waals surface area contributed by atoms with Gasteiger partial charge >= 0.3 is 0 Å². The average molecular weight is 315 g/mol. The van der Waals surface area contributed by atoms with Crippen molar-refractivity contribution < 1.29 is 9.59 Å². The number of likely N-dealkylation sites (tertiary alicyclic amines) is 1. The van der Waals surface area contributed by atoms with Gasteiger partial charge in [0.15, 0.2) is 5.65 Å². The molecule has 0 spiro atoms. The number of hydrogen-bond donors (Lipinski definition) is 1. The van der Waals surface area contributed by atoms with Gasteiger partial charge in [-0.2, -0.15) is 0 Å². The van der Waals surface area contributed by atoms with Crippen LogP contribution < -0.4 is 5.32 Å². The summed E-state index contributed by atoms with van der Waals surface area (Å²) < 4.78 is 1.90. The summed E-state index contributed by atoms with van der Waals surface area (Å²) in [6.45, 7) is 3.71. The Balaban J connectivity index is 1.60. The van der Waals surface area contributed by atoms with E-state index in [-0.39, 0.29) is 17.7 Å². The zero-order chi connectivity index (χ0) is 16.2. The molecule has 0 aliphatic carbocycles. The van der Waals surface area contributed by atoms with Crippen molar-refractivity contribution in [1.29, 1.82) is 0 Å². The molecule has 23 heavy (non-hydrogen) atoms. The summed E-state index contributed by atoms with van der Waals surface area (Å²) in [5, 5.41) is 2.97. The minimum Gasteiger partial charge on any atom is -0.350 e. The quantitative estimate of drug-likeness (QED) is 0.892. The molecule has 0 aromatic carbocycles. The first-order valence-electron chi connectivity index (χ1n) is 8.00. The molecule has 1 saturated heterocycles. The third-order valence-electron chi connectivity index (χ3n) is 4.20. The molecule has 1 atom stereocenters. The molecule has 7 heteroatoms. The minimum absolute atomic E-state index is 0.00242. The molecule has 2 aromatic heterocycles. The van der Waals surface area contributed by atoms with Gasteiger partial charge in [0.05, 0.1) is 30.6 Å². The number of carbonyl (C=O) groups excluding carboxylic acids is 2. The van der Waals surface area contributed by atoms with Crippen LogP contribution in [0, 0.1) is 5.92 Å². The van der Waals surface area contributed by atoms with Gasteiger partial charge in [-0.25, -0.2) is 4.98 Å². The molecule has 2 amide bonds. The molecular formula is C16H21N5O2. The summed E-state index contributed by atoms with van der Waals surface area (Å²) in [5.74, 6) is 0.0351. The van der Waals surface area contributed by atoms with Crippen LogP contribution in [0.2, 0.25) is 0 Å². The number of hydrogen-bond acceptors (Lipinski definition) is 4. The minimum atomic E-state index is -0.125. The number of amides is 2. The lowest BCUT2D eigenvalue weighted by Crippen LogP contribution is -2.45. The number of rotatable bonds is 5. The number of nitrogens with one attached hydrogen (secondary N) is 1. The van der Waals surface area contributed by atoms with E-state index in [9.17, 15) is 9.59 Å². The predicted molar refractivity (Wildman–Crippen MR) is 84.4 cm³/mol. The largest absolute Gasteiger partial charge is 0.350 e. The number of carbonyl (C=O) groups is 2. The highest BCUT2D eigenvalue weighted by Gasteiger charge is 2.29. The van der Waals surface area contributed by atoms with Crippen LogP contribution >= 0.6 is 0 Å². The maximum absolute atomic E-state index is 12.4. The molecule has 7 nitrogen and oxygen atoms in total. The molecule has 0 radical (unpaired) electrons. The Morgan fingerprint density at radius 3 is 3.13 bits per heavy atom. The van der Waals surface area contributed by atoms with Crippen LogP contribution in [0.25, 0.3) is 5.65 Å². The zero-order valence-electron chi connectivity index (χ0n) is 13.2. The van der Waals surface area contributed by atoms with Gasteiger partial charge in [0, 0.05) is 31.9 Å². The van der Waals surface area contributed by atoms with Crippen LogP contribution in [0.4, 0.5) is 0 Å². The normalized spacial score (nSPS) is 18.4. The SMILES string of the molecule is CCCN1C[C@H](C(=O)NCc2cnc3cnccn23)CCC1=O. The number of piperidine rings is 1. The lowest BCUT2D eigenvalue weighted by atomic mass is 9.96. The van der Waals surface area contributed by atoms with Crippen LogP contribution in [-0.2, 0) is 16.1 Å². The van der Waals surface area contributed by atoms with Crippen molar-refractivity contribution in [1.82, 2.24) is 24.6 Å². The van der Waals surface area contributed by atoms with E-state index < -0.39 is 0 Å². The second-order valence-corrected chi connectivity index (χ2v) is 5.85. The van der Waals surface area contributed by atoms with Crippen molar-refractivity contribution in [2.45, 2.75) is 32.7 Å². The molecule has 1 aliphatic heterocycles. The summed E-state index contributed by atoms with van der Waals surface area (Å²) in [6, 6.07) is 0. The Labute approximate surface area is 134 Å². The Kier molecular flexibility index (Phi) is 4.55. The van der Waals surface area contributed by atoms with E-state index in [4.69, 9.17) is 0 Å². The number of aromatic nitrogens is 3. The summed E-state index contributed by atoms with van der Waals surface area (Å²) in [6.07, 6.45) is 8.93.